The van der Waals surface area contributed by atoms with Crippen molar-refractivity contribution in [1.29, 1.82) is 0 Å². The molecule has 0 aliphatic carbocycles. The molecule has 0 aromatic heterocycles. The van der Waals surface area contributed by atoms with Gasteiger partial charge in [0.2, 0.25) is 0 Å². The summed E-state index contributed by atoms with van der Waals surface area (Å²) in [6.45, 7) is 4.49. The summed E-state index contributed by atoms with van der Waals surface area (Å²) in [6.07, 6.45) is 1.37. The van der Waals surface area contributed by atoms with Crippen molar-refractivity contribution in [3.63, 3.8) is 0 Å². The fraction of sp³-hybridized carbons (Fsp3) is 0.188. The molecule has 0 saturated heterocycles. The lowest BCUT2D eigenvalue weighted by Crippen LogP contribution is -2.21. The zero-order chi connectivity index (χ0) is 15.3. The average molecular weight is 302 g/mol. The van der Waals surface area contributed by atoms with Crippen LogP contribution in [-0.2, 0) is 10.0 Å². The summed E-state index contributed by atoms with van der Waals surface area (Å²) in [5.74, 6) is 0. The Hall–Kier alpha value is -2.14. The number of hydrogen-bond acceptors (Lipinski definition) is 2. The van der Waals surface area contributed by atoms with E-state index in [4.69, 9.17) is 0 Å². The monoisotopic (exact) mass is 302 g/mol. The van der Waals surface area contributed by atoms with E-state index in [-0.39, 0.29) is 4.90 Å². The van der Waals surface area contributed by atoms with Crippen molar-refractivity contribution in [2.24, 2.45) is 4.40 Å². The highest BCUT2D eigenvalue weighted by Crippen LogP contribution is 2.15. The van der Waals surface area contributed by atoms with Gasteiger partial charge in [-0.1, -0.05) is 35.9 Å². The summed E-state index contributed by atoms with van der Waals surface area (Å²) in [6, 6.07) is 16.2. The van der Waals surface area contributed by atoms with Gasteiger partial charge in [0.15, 0.2) is 0 Å². The molecule has 0 amide bonds. The van der Waals surface area contributed by atoms with Crippen LogP contribution >= 0.6 is 0 Å². The fourth-order valence-electron chi connectivity index (χ4n) is 1.84. The molecule has 0 aliphatic heterocycles. The lowest BCUT2D eigenvalue weighted by molar-refractivity contribution is 0.598. The molecule has 0 radical (unpaired) electrons. The molecule has 2 rings (SSSR count). The van der Waals surface area contributed by atoms with E-state index in [1.807, 2.05) is 44.2 Å². The van der Waals surface area contributed by atoms with E-state index in [0.717, 1.165) is 11.3 Å². The molecule has 5 heteroatoms. The maximum absolute atomic E-state index is 12.2. The number of benzene rings is 2. The molecule has 0 saturated carbocycles. The number of nitrogens with zero attached hydrogens (tertiary/aromatic N) is 2. The molecule has 0 bridgehead atoms. The molecule has 21 heavy (non-hydrogen) atoms. The number of para-hydroxylation sites is 1. The van der Waals surface area contributed by atoms with E-state index in [0.29, 0.717) is 6.54 Å². The largest absolute Gasteiger partial charge is 0.332 e. The summed E-state index contributed by atoms with van der Waals surface area (Å²) in [7, 11) is -3.66. The first kappa shape index (κ1) is 15.3. The van der Waals surface area contributed by atoms with E-state index in [2.05, 4.69) is 4.40 Å². The molecule has 2 aromatic rings. The summed E-state index contributed by atoms with van der Waals surface area (Å²) >= 11 is 0. The third-order valence-corrected chi connectivity index (χ3v) is 4.31. The molecule has 0 atom stereocenters. The second-order valence-corrected chi connectivity index (χ2v) is 6.26. The molecule has 110 valence electrons. The minimum Gasteiger partial charge on any atom is -0.332 e. The van der Waals surface area contributed by atoms with Gasteiger partial charge in [0.05, 0.1) is 4.90 Å². The standard InChI is InChI=1S/C16H18N2O2S/c1-3-18(15-7-5-4-6-8-15)13-17-21(19,20)16-11-9-14(2)10-12-16/h4-13H,3H2,1-2H3/b17-13+. The van der Waals surface area contributed by atoms with Crippen molar-refractivity contribution >= 4 is 22.0 Å². The molecule has 4 nitrogen and oxygen atoms in total. The van der Waals surface area contributed by atoms with Gasteiger partial charge in [-0.3, -0.25) is 0 Å². The number of rotatable bonds is 5. The normalized spacial score (nSPS) is 11.7. The Morgan fingerprint density at radius 1 is 1.05 bits per heavy atom. The molecule has 0 aliphatic rings. The molecule has 2 aromatic carbocycles. The van der Waals surface area contributed by atoms with Crippen LogP contribution in [0.4, 0.5) is 5.69 Å². The van der Waals surface area contributed by atoms with Crippen molar-refractivity contribution in [2.45, 2.75) is 18.7 Å². The van der Waals surface area contributed by atoms with Crippen molar-refractivity contribution in [1.82, 2.24) is 0 Å². The number of hydrogen-bond donors (Lipinski definition) is 0. The first-order valence-corrected chi connectivity index (χ1v) is 8.16. The predicted octanol–water partition coefficient (Wildman–Crippen LogP) is 3.24. The zero-order valence-electron chi connectivity index (χ0n) is 12.1. The van der Waals surface area contributed by atoms with Gasteiger partial charge >= 0.3 is 0 Å². The molecule has 0 unspecified atom stereocenters. The van der Waals surface area contributed by atoms with Gasteiger partial charge in [-0.2, -0.15) is 8.42 Å². The summed E-state index contributed by atoms with van der Waals surface area (Å²) < 4.78 is 28.1. The highest BCUT2D eigenvalue weighted by Gasteiger charge is 2.12. The topological polar surface area (TPSA) is 49.7 Å². The first-order valence-electron chi connectivity index (χ1n) is 6.72. The van der Waals surface area contributed by atoms with Crippen molar-refractivity contribution < 1.29 is 8.42 Å². The first-order chi connectivity index (χ1) is 10.0. The highest BCUT2D eigenvalue weighted by atomic mass is 32.2. The maximum Gasteiger partial charge on any atom is 0.283 e. The van der Waals surface area contributed by atoms with Crippen LogP contribution < -0.4 is 4.90 Å². The molecule has 0 spiro atoms. The zero-order valence-corrected chi connectivity index (χ0v) is 12.9. The van der Waals surface area contributed by atoms with Crippen molar-refractivity contribution in [2.75, 3.05) is 11.4 Å². The van der Waals surface area contributed by atoms with E-state index >= 15 is 0 Å². The highest BCUT2D eigenvalue weighted by molar-refractivity contribution is 7.90. The van der Waals surface area contributed by atoms with Gasteiger partial charge in [0.1, 0.15) is 6.34 Å². The lowest BCUT2D eigenvalue weighted by atomic mass is 10.2. The van der Waals surface area contributed by atoms with Crippen LogP contribution in [0.1, 0.15) is 12.5 Å². The molecule has 0 fully saturated rings. The minimum atomic E-state index is -3.66. The van der Waals surface area contributed by atoms with Crippen LogP contribution in [-0.4, -0.2) is 21.3 Å². The number of sulfonamides is 1. The Bertz CT molecular complexity index is 708. The van der Waals surface area contributed by atoms with Gasteiger partial charge in [-0.05, 0) is 38.1 Å². The molecular formula is C16H18N2O2S. The van der Waals surface area contributed by atoms with Crippen LogP contribution in [0.25, 0.3) is 0 Å². The van der Waals surface area contributed by atoms with E-state index < -0.39 is 10.0 Å². The Balaban J connectivity index is 2.24. The maximum atomic E-state index is 12.2. The average Bonchev–Trinajstić information content (AvgIpc) is 2.49. The smallest absolute Gasteiger partial charge is 0.283 e. The summed E-state index contributed by atoms with van der Waals surface area (Å²) in [4.78, 5) is 1.99. The molecular weight excluding hydrogens is 284 g/mol. The van der Waals surface area contributed by atoms with Gasteiger partial charge in [-0.15, -0.1) is 4.40 Å². The van der Waals surface area contributed by atoms with Crippen LogP contribution in [0, 0.1) is 6.92 Å². The fourth-order valence-corrected chi connectivity index (χ4v) is 2.68. The second kappa shape index (κ2) is 6.54. The SMILES string of the molecule is CCN(/C=N/S(=O)(=O)c1ccc(C)cc1)c1ccccc1. The van der Waals surface area contributed by atoms with Crippen LogP contribution in [0.5, 0.6) is 0 Å². The van der Waals surface area contributed by atoms with E-state index in [1.165, 1.54) is 6.34 Å². The van der Waals surface area contributed by atoms with Gasteiger partial charge in [-0.25, -0.2) is 0 Å². The summed E-state index contributed by atoms with van der Waals surface area (Å²) in [5, 5.41) is 0. The third-order valence-electron chi connectivity index (χ3n) is 3.07. The van der Waals surface area contributed by atoms with Crippen LogP contribution in [0.2, 0.25) is 0 Å². The molecule has 0 N–H and O–H groups in total. The van der Waals surface area contributed by atoms with Gasteiger partial charge in [0.25, 0.3) is 10.0 Å². The van der Waals surface area contributed by atoms with Crippen LogP contribution in [0.3, 0.4) is 0 Å². The predicted molar refractivity (Wildman–Crippen MR) is 86.3 cm³/mol. The Labute approximate surface area is 125 Å². The Morgan fingerprint density at radius 3 is 2.24 bits per heavy atom. The lowest BCUT2D eigenvalue weighted by Gasteiger charge is -2.16. The Morgan fingerprint density at radius 2 is 1.67 bits per heavy atom. The molecule has 0 heterocycles. The van der Waals surface area contributed by atoms with Gasteiger partial charge < -0.3 is 4.90 Å². The minimum absolute atomic E-state index is 0.202. The van der Waals surface area contributed by atoms with Crippen molar-refractivity contribution in [3.05, 3.63) is 60.2 Å². The number of aryl methyl sites for hydroxylation is 1. The number of anilines is 1. The van der Waals surface area contributed by atoms with Gasteiger partial charge in [0, 0.05) is 12.2 Å². The third kappa shape index (κ3) is 3.92. The second-order valence-electron chi connectivity index (χ2n) is 4.63. The van der Waals surface area contributed by atoms with E-state index in [1.54, 1.807) is 29.2 Å². The summed E-state index contributed by atoms with van der Waals surface area (Å²) in [5.41, 5.74) is 1.92. The van der Waals surface area contributed by atoms with E-state index in [9.17, 15) is 8.42 Å². The quantitative estimate of drug-likeness (QED) is 0.629. The van der Waals surface area contributed by atoms with Crippen molar-refractivity contribution in [3.8, 4) is 0 Å². The van der Waals surface area contributed by atoms with Crippen LogP contribution in [0.15, 0.2) is 63.9 Å². The Kier molecular flexibility index (Phi) is 4.75.